The first-order valence-corrected chi connectivity index (χ1v) is 5.73. The largest absolute Gasteiger partial charge is 0.310 e. The predicted molar refractivity (Wildman–Crippen MR) is 60.3 cm³/mol. The van der Waals surface area contributed by atoms with E-state index in [0.717, 1.165) is 30.5 Å². The van der Waals surface area contributed by atoms with Crippen LogP contribution in [0.15, 0.2) is 18.2 Å². The lowest BCUT2D eigenvalue weighted by Gasteiger charge is -2.30. The van der Waals surface area contributed by atoms with Gasteiger partial charge in [0.1, 0.15) is 5.82 Å². The maximum Gasteiger partial charge on any atom is 0.126 e. The molecule has 0 radical (unpaired) electrons. The first-order chi connectivity index (χ1) is 7.22. The molecular formula is C13H18FN. The zero-order valence-corrected chi connectivity index (χ0v) is 9.39. The predicted octanol–water partition coefficient (Wildman–Crippen LogP) is 3.06. The van der Waals surface area contributed by atoms with Gasteiger partial charge in [0.25, 0.3) is 0 Å². The molecule has 0 aromatic heterocycles. The van der Waals surface area contributed by atoms with Crippen LogP contribution < -0.4 is 5.32 Å². The van der Waals surface area contributed by atoms with Crippen LogP contribution in [-0.2, 0) is 6.42 Å². The third-order valence-corrected chi connectivity index (χ3v) is 3.17. The summed E-state index contributed by atoms with van der Waals surface area (Å²) in [4.78, 5) is 0. The average Bonchev–Trinajstić information content (AvgIpc) is 2.20. The van der Waals surface area contributed by atoms with Gasteiger partial charge in [-0.1, -0.05) is 26.0 Å². The molecule has 0 saturated carbocycles. The Hall–Kier alpha value is -0.890. The van der Waals surface area contributed by atoms with E-state index in [2.05, 4.69) is 25.2 Å². The van der Waals surface area contributed by atoms with Crippen LogP contribution in [0.5, 0.6) is 0 Å². The smallest absolute Gasteiger partial charge is 0.126 e. The van der Waals surface area contributed by atoms with Crippen LogP contribution >= 0.6 is 0 Å². The van der Waals surface area contributed by atoms with Crippen molar-refractivity contribution in [1.82, 2.24) is 5.32 Å². The lowest BCUT2D eigenvalue weighted by molar-refractivity contribution is 0.377. The summed E-state index contributed by atoms with van der Waals surface area (Å²) in [6.07, 6.45) is 1.99. The summed E-state index contributed by atoms with van der Waals surface area (Å²) in [6.45, 7) is 5.23. The molecule has 1 aromatic rings. The van der Waals surface area contributed by atoms with Gasteiger partial charge in [-0.05, 0) is 42.5 Å². The molecule has 82 valence electrons. The first kappa shape index (κ1) is 10.6. The summed E-state index contributed by atoms with van der Waals surface area (Å²) >= 11 is 0. The fourth-order valence-electron chi connectivity index (χ4n) is 2.52. The van der Waals surface area contributed by atoms with Crippen LogP contribution in [0.3, 0.4) is 0 Å². The van der Waals surface area contributed by atoms with E-state index in [4.69, 9.17) is 0 Å². The lowest BCUT2D eigenvalue weighted by atomic mass is 9.81. The van der Waals surface area contributed by atoms with Crippen molar-refractivity contribution < 1.29 is 4.39 Å². The molecule has 1 aliphatic rings. The van der Waals surface area contributed by atoms with Crippen LogP contribution in [-0.4, -0.2) is 6.54 Å². The molecule has 2 rings (SSSR count). The van der Waals surface area contributed by atoms with E-state index in [1.165, 1.54) is 0 Å². The zero-order chi connectivity index (χ0) is 10.8. The molecule has 0 aliphatic heterocycles. The summed E-state index contributed by atoms with van der Waals surface area (Å²) in [5, 5.41) is 3.43. The minimum atomic E-state index is -0.0399. The fourth-order valence-corrected chi connectivity index (χ4v) is 2.52. The number of hydrogen-bond donors (Lipinski definition) is 1. The van der Waals surface area contributed by atoms with Crippen molar-refractivity contribution in [3.05, 3.63) is 35.1 Å². The van der Waals surface area contributed by atoms with E-state index in [0.29, 0.717) is 12.0 Å². The number of fused-ring (bicyclic) bond motifs is 1. The average molecular weight is 207 g/mol. The quantitative estimate of drug-likeness (QED) is 0.786. The van der Waals surface area contributed by atoms with E-state index in [-0.39, 0.29) is 5.82 Å². The highest BCUT2D eigenvalue weighted by atomic mass is 19.1. The van der Waals surface area contributed by atoms with Crippen molar-refractivity contribution >= 4 is 0 Å². The highest BCUT2D eigenvalue weighted by molar-refractivity contribution is 5.34. The van der Waals surface area contributed by atoms with Gasteiger partial charge in [0.2, 0.25) is 0 Å². The van der Waals surface area contributed by atoms with E-state index in [1.807, 2.05) is 6.07 Å². The summed E-state index contributed by atoms with van der Waals surface area (Å²) in [7, 11) is 0. The third-order valence-electron chi connectivity index (χ3n) is 3.17. The molecule has 1 N–H and O–H groups in total. The SMILES string of the molecule is CCNC1CC(C)Cc2c(F)cccc21. The Bertz CT molecular complexity index is 348. The lowest BCUT2D eigenvalue weighted by Crippen LogP contribution is -2.28. The number of hydrogen-bond acceptors (Lipinski definition) is 1. The first-order valence-electron chi connectivity index (χ1n) is 5.73. The topological polar surface area (TPSA) is 12.0 Å². The summed E-state index contributed by atoms with van der Waals surface area (Å²) < 4.78 is 13.6. The molecule has 0 heterocycles. The molecule has 15 heavy (non-hydrogen) atoms. The molecule has 0 amide bonds. The number of halogens is 1. The molecule has 0 bridgehead atoms. The van der Waals surface area contributed by atoms with Gasteiger partial charge >= 0.3 is 0 Å². The molecule has 1 aromatic carbocycles. The standard InChI is InChI=1S/C13H18FN/c1-3-15-13-8-9(2)7-11-10(13)5-4-6-12(11)14/h4-6,9,13,15H,3,7-8H2,1-2H3. The van der Waals surface area contributed by atoms with Gasteiger partial charge in [-0.15, -0.1) is 0 Å². The Morgan fingerprint density at radius 1 is 1.47 bits per heavy atom. The maximum absolute atomic E-state index is 13.6. The fraction of sp³-hybridized carbons (Fsp3) is 0.538. The Balaban J connectivity index is 2.37. The van der Waals surface area contributed by atoms with Crippen molar-refractivity contribution in [2.45, 2.75) is 32.7 Å². The van der Waals surface area contributed by atoms with Gasteiger partial charge in [0.05, 0.1) is 0 Å². The zero-order valence-electron chi connectivity index (χ0n) is 9.39. The van der Waals surface area contributed by atoms with Crippen LogP contribution in [0.4, 0.5) is 4.39 Å². The Morgan fingerprint density at radius 2 is 2.27 bits per heavy atom. The van der Waals surface area contributed by atoms with Crippen molar-refractivity contribution in [2.75, 3.05) is 6.54 Å². The van der Waals surface area contributed by atoms with Crippen molar-refractivity contribution in [3.8, 4) is 0 Å². The molecule has 2 unspecified atom stereocenters. The van der Waals surface area contributed by atoms with E-state index in [9.17, 15) is 4.39 Å². The second-order valence-electron chi connectivity index (χ2n) is 4.46. The minimum absolute atomic E-state index is 0.0399. The van der Waals surface area contributed by atoms with Gasteiger partial charge in [-0.3, -0.25) is 0 Å². The minimum Gasteiger partial charge on any atom is -0.310 e. The molecule has 2 atom stereocenters. The molecule has 0 saturated heterocycles. The van der Waals surface area contributed by atoms with E-state index in [1.54, 1.807) is 6.07 Å². The summed E-state index contributed by atoms with van der Waals surface area (Å²) in [5.74, 6) is 0.528. The summed E-state index contributed by atoms with van der Waals surface area (Å²) in [6, 6.07) is 5.77. The highest BCUT2D eigenvalue weighted by Gasteiger charge is 2.25. The summed E-state index contributed by atoms with van der Waals surface area (Å²) in [5.41, 5.74) is 2.08. The van der Waals surface area contributed by atoms with E-state index >= 15 is 0 Å². The Labute approximate surface area is 90.7 Å². The van der Waals surface area contributed by atoms with Crippen molar-refractivity contribution in [1.29, 1.82) is 0 Å². The van der Waals surface area contributed by atoms with Crippen LogP contribution in [0.25, 0.3) is 0 Å². The van der Waals surface area contributed by atoms with Gasteiger partial charge in [0, 0.05) is 6.04 Å². The molecule has 1 nitrogen and oxygen atoms in total. The van der Waals surface area contributed by atoms with Gasteiger partial charge < -0.3 is 5.32 Å². The highest BCUT2D eigenvalue weighted by Crippen LogP contribution is 2.34. The number of nitrogens with one attached hydrogen (secondary N) is 1. The van der Waals surface area contributed by atoms with Gasteiger partial charge in [-0.25, -0.2) is 4.39 Å². The Kier molecular flexibility index (Phi) is 3.06. The molecule has 1 aliphatic carbocycles. The third kappa shape index (κ3) is 2.05. The van der Waals surface area contributed by atoms with Crippen LogP contribution in [0.2, 0.25) is 0 Å². The molecule has 2 heteroatoms. The van der Waals surface area contributed by atoms with Gasteiger partial charge in [-0.2, -0.15) is 0 Å². The Morgan fingerprint density at radius 3 is 3.00 bits per heavy atom. The second kappa shape index (κ2) is 4.31. The van der Waals surface area contributed by atoms with Crippen LogP contribution in [0.1, 0.15) is 37.4 Å². The second-order valence-corrected chi connectivity index (χ2v) is 4.46. The molecule has 0 fully saturated rings. The van der Waals surface area contributed by atoms with Gasteiger partial charge in [0.15, 0.2) is 0 Å². The van der Waals surface area contributed by atoms with E-state index < -0.39 is 0 Å². The number of benzene rings is 1. The van der Waals surface area contributed by atoms with Crippen LogP contribution in [0, 0.1) is 11.7 Å². The van der Waals surface area contributed by atoms with Crippen molar-refractivity contribution in [2.24, 2.45) is 5.92 Å². The van der Waals surface area contributed by atoms with Crippen molar-refractivity contribution in [3.63, 3.8) is 0 Å². The maximum atomic E-state index is 13.6. The molecular weight excluding hydrogens is 189 g/mol. The number of rotatable bonds is 2. The molecule has 0 spiro atoms. The normalized spacial score (nSPS) is 25.0. The monoisotopic (exact) mass is 207 g/mol.